The summed E-state index contributed by atoms with van der Waals surface area (Å²) in [4.78, 5) is 13.9. The molecule has 0 aromatic rings. The molecule has 1 amide bonds. The van der Waals surface area contributed by atoms with Crippen LogP contribution in [-0.4, -0.2) is 30.4 Å². The van der Waals surface area contributed by atoms with Crippen molar-refractivity contribution in [2.45, 2.75) is 34.1 Å². The molecule has 0 aromatic heterocycles. The van der Waals surface area contributed by atoms with Gasteiger partial charge in [-0.05, 0) is 17.8 Å². The number of nitrogens with zero attached hydrogens (tertiary/aromatic N) is 1. The Morgan fingerprint density at radius 2 is 2.13 bits per heavy atom. The SMILES string of the molecule is CC(CN)C(=O)N1CCC(C(C)(C)C)C1. The minimum atomic E-state index is -0.0243. The summed E-state index contributed by atoms with van der Waals surface area (Å²) in [6.45, 7) is 10.9. The van der Waals surface area contributed by atoms with E-state index in [1.54, 1.807) is 0 Å². The fourth-order valence-electron chi connectivity index (χ4n) is 2.08. The molecule has 1 aliphatic heterocycles. The number of carbonyl (C=O) groups is 1. The first-order chi connectivity index (χ1) is 6.86. The topological polar surface area (TPSA) is 46.3 Å². The van der Waals surface area contributed by atoms with Crippen LogP contribution < -0.4 is 5.73 Å². The molecule has 0 aromatic carbocycles. The highest BCUT2D eigenvalue weighted by atomic mass is 16.2. The molecule has 1 rings (SSSR count). The highest BCUT2D eigenvalue weighted by Crippen LogP contribution is 2.33. The van der Waals surface area contributed by atoms with E-state index in [1.807, 2.05) is 11.8 Å². The first kappa shape index (κ1) is 12.5. The van der Waals surface area contributed by atoms with Gasteiger partial charge in [-0.3, -0.25) is 4.79 Å². The second-order valence-corrected chi connectivity index (χ2v) is 5.77. The van der Waals surface area contributed by atoms with Crippen molar-refractivity contribution < 1.29 is 4.79 Å². The first-order valence-electron chi connectivity index (χ1n) is 5.85. The molecule has 3 heteroatoms. The molecule has 1 fully saturated rings. The summed E-state index contributed by atoms with van der Waals surface area (Å²) in [6, 6.07) is 0. The van der Waals surface area contributed by atoms with Crippen molar-refractivity contribution in [3.8, 4) is 0 Å². The van der Waals surface area contributed by atoms with Gasteiger partial charge in [0.2, 0.25) is 5.91 Å². The average molecular weight is 212 g/mol. The Bertz CT molecular complexity index is 232. The summed E-state index contributed by atoms with van der Waals surface area (Å²) in [5.41, 5.74) is 5.82. The van der Waals surface area contributed by atoms with Gasteiger partial charge < -0.3 is 10.6 Å². The third-order valence-corrected chi connectivity index (χ3v) is 3.50. The molecule has 0 aliphatic carbocycles. The van der Waals surface area contributed by atoms with Gasteiger partial charge in [0.25, 0.3) is 0 Å². The lowest BCUT2D eigenvalue weighted by molar-refractivity contribution is -0.133. The van der Waals surface area contributed by atoms with E-state index in [2.05, 4.69) is 20.8 Å². The van der Waals surface area contributed by atoms with Gasteiger partial charge in [0.1, 0.15) is 0 Å². The van der Waals surface area contributed by atoms with Crippen molar-refractivity contribution in [2.24, 2.45) is 23.0 Å². The number of likely N-dealkylation sites (tertiary alicyclic amines) is 1. The predicted octanol–water partition coefficient (Wildman–Crippen LogP) is 1.48. The van der Waals surface area contributed by atoms with E-state index in [1.165, 1.54) is 0 Å². The van der Waals surface area contributed by atoms with Crippen molar-refractivity contribution >= 4 is 5.91 Å². The number of carbonyl (C=O) groups excluding carboxylic acids is 1. The van der Waals surface area contributed by atoms with Crippen LogP contribution in [0.5, 0.6) is 0 Å². The fourth-order valence-corrected chi connectivity index (χ4v) is 2.08. The zero-order valence-electron chi connectivity index (χ0n) is 10.4. The lowest BCUT2D eigenvalue weighted by Gasteiger charge is -2.27. The summed E-state index contributed by atoms with van der Waals surface area (Å²) in [6.07, 6.45) is 1.13. The largest absolute Gasteiger partial charge is 0.342 e. The molecular weight excluding hydrogens is 188 g/mol. The van der Waals surface area contributed by atoms with Gasteiger partial charge in [0.05, 0.1) is 0 Å². The van der Waals surface area contributed by atoms with E-state index in [-0.39, 0.29) is 11.8 Å². The smallest absolute Gasteiger partial charge is 0.226 e. The number of rotatable bonds is 2. The van der Waals surface area contributed by atoms with Crippen molar-refractivity contribution in [2.75, 3.05) is 19.6 Å². The monoisotopic (exact) mass is 212 g/mol. The first-order valence-corrected chi connectivity index (χ1v) is 5.85. The van der Waals surface area contributed by atoms with Crippen LogP contribution in [0.3, 0.4) is 0 Å². The Morgan fingerprint density at radius 1 is 1.53 bits per heavy atom. The summed E-state index contributed by atoms with van der Waals surface area (Å²) in [7, 11) is 0. The molecule has 15 heavy (non-hydrogen) atoms. The van der Waals surface area contributed by atoms with E-state index in [4.69, 9.17) is 5.73 Å². The Morgan fingerprint density at radius 3 is 2.53 bits per heavy atom. The van der Waals surface area contributed by atoms with Crippen LogP contribution in [0.4, 0.5) is 0 Å². The van der Waals surface area contributed by atoms with Crippen LogP contribution in [0.1, 0.15) is 34.1 Å². The molecule has 0 radical (unpaired) electrons. The molecule has 2 unspecified atom stereocenters. The van der Waals surface area contributed by atoms with Gasteiger partial charge in [-0.15, -0.1) is 0 Å². The molecule has 1 aliphatic rings. The van der Waals surface area contributed by atoms with E-state index in [0.29, 0.717) is 17.9 Å². The maximum Gasteiger partial charge on any atom is 0.226 e. The summed E-state index contributed by atoms with van der Waals surface area (Å²) in [5.74, 6) is 0.833. The van der Waals surface area contributed by atoms with Crippen LogP contribution in [0.2, 0.25) is 0 Å². The molecular formula is C12H24N2O. The normalized spacial score (nSPS) is 24.3. The number of hydrogen-bond donors (Lipinski definition) is 1. The average Bonchev–Trinajstić information content (AvgIpc) is 2.63. The van der Waals surface area contributed by atoms with Gasteiger partial charge in [0, 0.05) is 25.6 Å². The summed E-state index contributed by atoms with van der Waals surface area (Å²) in [5, 5.41) is 0. The van der Waals surface area contributed by atoms with Crippen molar-refractivity contribution in [1.82, 2.24) is 4.90 Å². The minimum Gasteiger partial charge on any atom is -0.342 e. The lowest BCUT2D eigenvalue weighted by Crippen LogP contribution is -2.37. The van der Waals surface area contributed by atoms with Gasteiger partial charge in [-0.2, -0.15) is 0 Å². The molecule has 3 nitrogen and oxygen atoms in total. The summed E-state index contributed by atoms with van der Waals surface area (Å²) < 4.78 is 0. The minimum absolute atomic E-state index is 0.0243. The maximum absolute atomic E-state index is 11.9. The van der Waals surface area contributed by atoms with E-state index < -0.39 is 0 Å². The van der Waals surface area contributed by atoms with Gasteiger partial charge >= 0.3 is 0 Å². The second-order valence-electron chi connectivity index (χ2n) is 5.77. The highest BCUT2D eigenvalue weighted by Gasteiger charge is 2.34. The molecule has 0 bridgehead atoms. The fraction of sp³-hybridized carbons (Fsp3) is 0.917. The molecule has 88 valence electrons. The van der Waals surface area contributed by atoms with Crippen LogP contribution in [-0.2, 0) is 4.79 Å². The molecule has 0 spiro atoms. The van der Waals surface area contributed by atoms with E-state index in [0.717, 1.165) is 19.5 Å². The van der Waals surface area contributed by atoms with Crippen LogP contribution in [0, 0.1) is 17.3 Å². The number of nitrogens with two attached hydrogens (primary N) is 1. The zero-order valence-corrected chi connectivity index (χ0v) is 10.4. The second kappa shape index (κ2) is 4.52. The van der Waals surface area contributed by atoms with E-state index in [9.17, 15) is 4.79 Å². The maximum atomic E-state index is 11.9. The number of amides is 1. The van der Waals surface area contributed by atoms with Crippen molar-refractivity contribution in [3.05, 3.63) is 0 Å². The summed E-state index contributed by atoms with van der Waals surface area (Å²) >= 11 is 0. The van der Waals surface area contributed by atoms with Crippen LogP contribution in [0.25, 0.3) is 0 Å². The standard InChI is InChI=1S/C12H24N2O/c1-9(7-13)11(15)14-6-5-10(8-14)12(2,3)4/h9-10H,5-8,13H2,1-4H3. The molecule has 1 saturated heterocycles. The third-order valence-electron chi connectivity index (χ3n) is 3.50. The quantitative estimate of drug-likeness (QED) is 0.753. The van der Waals surface area contributed by atoms with Gasteiger partial charge in [-0.25, -0.2) is 0 Å². The van der Waals surface area contributed by atoms with E-state index >= 15 is 0 Å². The molecule has 1 heterocycles. The Kier molecular flexibility index (Phi) is 3.77. The van der Waals surface area contributed by atoms with Gasteiger partial charge in [0.15, 0.2) is 0 Å². The third kappa shape index (κ3) is 2.94. The Hall–Kier alpha value is -0.570. The Balaban J connectivity index is 2.53. The lowest BCUT2D eigenvalue weighted by atomic mass is 9.80. The molecule has 2 N–H and O–H groups in total. The molecule has 0 saturated carbocycles. The zero-order chi connectivity index (χ0) is 11.6. The van der Waals surface area contributed by atoms with Crippen molar-refractivity contribution in [1.29, 1.82) is 0 Å². The highest BCUT2D eigenvalue weighted by molar-refractivity contribution is 5.79. The van der Waals surface area contributed by atoms with Gasteiger partial charge in [-0.1, -0.05) is 27.7 Å². The predicted molar refractivity (Wildman–Crippen MR) is 62.4 cm³/mol. The molecule has 2 atom stereocenters. The Labute approximate surface area is 93.0 Å². The van der Waals surface area contributed by atoms with Crippen LogP contribution >= 0.6 is 0 Å². The van der Waals surface area contributed by atoms with Crippen LogP contribution in [0.15, 0.2) is 0 Å². The van der Waals surface area contributed by atoms with Crippen molar-refractivity contribution in [3.63, 3.8) is 0 Å². The number of hydrogen-bond acceptors (Lipinski definition) is 2.